The van der Waals surface area contributed by atoms with E-state index >= 15 is 0 Å². The molecule has 1 amide bonds. The fourth-order valence-corrected chi connectivity index (χ4v) is 3.68. The van der Waals surface area contributed by atoms with E-state index in [1.165, 1.54) is 30.0 Å². The molecule has 1 N–H and O–H groups in total. The minimum atomic E-state index is -0.577. The van der Waals surface area contributed by atoms with E-state index in [9.17, 15) is 14.9 Å². The van der Waals surface area contributed by atoms with Gasteiger partial charge in [-0.05, 0) is 26.0 Å². The molecule has 11 heteroatoms. The van der Waals surface area contributed by atoms with Gasteiger partial charge in [0.1, 0.15) is 5.76 Å². The van der Waals surface area contributed by atoms with E-state index < -0.39 is 10.2 Å². The van der Waals surface area contributed by atoms with Crippen molar-refractivity contribution in [1.82, 2.24) is 14.8 Å². The molecule has 0 aliphatic heterocycles. The minimum absolute atomic E-state index is 0.166. The first-order valence-corrected chi connectivity index (χ1v) is 10.1. The first kappa shape index (κ1) is 21.6. The van der Waals surface area contributed by atoms with Gasteiger partial charge in [-0.25, -0.2) is 0 Å². The number of carbonyl (C=O) groups is 1. The van der Waals surface area contributed by atoms with Crippen LogP contribution in [0.4, 0.5) is 11.4 Å². The average Bonchev–Trinajstić information content (AvgIpc) is 3.29. The summed E-state index contributed by atoms with van der Waals surface area (Å²) in [6.07, 6.45) is 3.28. The molecular formula is C19H18ClN5O4S. The lowest BCUT2D eigenvalue weighted by atomic mass is 10.2. The average molecular weight is 448 g/mol. The third-order valence-electron chi connectivity index (χ3n) is 4.20. The number of allylic oxidation sites excluding steroid dienone is 1. The standard InChI is InChI=1S/C19H18ClN5O4S/c1-4-8-24-17(14-7-9-29-11(14)2)22-23-19(24)30-12(3)18(26)21-16-10-13(25(27)28)5-6-15(16)20/h4-7,9-10,12H,1,8H2,2-3H3,(H,21,26). The molecule has 156 valence electrons. The predicted molar refractivity (Wildman–Crippen MR) is 115 cm³/mol. The summed E-state index contributed by atoms with van der Waals surface area (Å²) in [6, 6.07) is 5.66. The quantitative estimate of drug-likeness (QED) is 0.230. The Balaban J connectivity index is 1.80. The number of furan rings is 1. The van der Waals surface area contributed by atoms with Crippen LogP contribution in [0, 0.1) is 17.0 Å². The number of nitro benzene ring substituents is 1. The summed E-state index contributed by atoms with van der Waals surface area (Å²) in [5.74, 6) is 0.935. The van der Waals surface area contributed by atoms with Crippen LogP contribution >= 0.6 is 23.4 Å². The zero-order chi connectivity index (χ0) is 21.8. The van der Waals surface area contributed by atoms with E-state index in [2.05, 4.69) is 22.1 Å². The Morgan fingerprint density at radius 1 is 1.47 bits per heavy atom. The highest BCUT2D eigenvalue weighted by Crippen LogP contribution is 2.31. The van der Waals surface area contributed by atoms with E-state index in [-0.39, 0.29) is 22.3 Å². The Bertz CT molecular complexity index is 1110. The minimum Gasteiger partial charge on any atom is -0.469 e. The molecule has 2 heterocycles. The molecule has 2 aromatic heterocycles. The molecule has 3 rings (SSSR count). The van der Waals surface area contributed by atoms with Crippen LogP contribution in [-0.4, -0.2) is 30.8 Å². The molecule has 1 atom stereocenters. The molecule has 1 aromatic carbocycles. The van der Waals surface area contributed by atoms with Crippen molar-refractivity contribution in [3.05, 3.63) is 64.1 Å². The van der Waals surface area contributed by atoms with Gasteiger partial charge in [-0.15, -0.1) is 16.8 Å². The third kappa shape index (κ3) is 4.55. The maximum absolute atomic E-state index is 12.7. The highest BCUT2D eigenvalue weighted by atomic mass is 35.5. The molecule has 0 radical (unpaired) electrons. The van der Waals surface area contributed by atoms with Crippen molar-refractivity contribution >= 4 is 40.6 Å². The summed E-state index contributed by atoms with van der Waals surface area (Å²) in [4.78, 5) is 23.1. The number of amides is 1. The monoisotopic (exact) mass is 447 g/mol. The number of halogens is 1. The second-order valence-corrected chi connectivity index (χ2v) is 7.98. The van der Waals surface area contributed by atoms with Crippen LogP contribution in [0.25, 0.3) is 11.4 Å². The number of nitrogens with one attached hydrogen (secondary N) is 1. The third-order valence-corrected chi connectivity index (χ3v) is 5.61. The van der Waals surface area contributed by atoms with Gasteiger partial charge in [0.05, 0.1) is 32.7 Å². The number of anilines is 1. The van der Waals surface area contributed by atoms with Crippen LogP contribution in [0.15, 0.2) is 52.8 Å². The Hall–Kier alpha value is -3.11. The Morgan fingerprint density at radius 3 is 2.87 bits per heavy atom. The topological polar surface area (TPSA) is 116 Å². The number of aromatic nitrogens is 3. The number of hydrogen-bond donors (Lipinski definition) is 1. The molecule has 9 nitrogen and oxygen atoms in total. The number of rotatable bonds is 8. The number of benzene rings is 1. The SMILES string of the molecule is C=CCn1c(SC(C)C(=O)Nc2cc([N+](=O)[O-])ccc2Cl)nnc1-c1ccoc1C. The smallest absolute Gasteiger partial charge is 0.271 e. The maximum atomic E-state index is 12.7. The molecule has 30 heavy (non-hydrogen) atoms. The fraction of sp³-hybridized carbons (Fsp3) is 0.211. The van der Waals surface area contributed by atoms with Crippen LogP contribution < -0.4 is 5.32 Å². The molecule has 0 saturated carbocycles. The molecule has 3 aromatic rings. The van der Waals surface area contributed by atoms with Gasteiger partial charge < -0.3 is 9.73 Å². The van der Waals surface area contributed by atoms with Gasteiger partial charge in [-0.3, -0.25) is 19.5 Å². The van der Waals surface area contributed by atoms with Crippen LogP contribution in [0.5, 0.6) is 0 Å². The van der Waals surface area contributed by atoms with Crippen molar-refractivity contribution in [3.8, 4) is 11.4 Å². The van der Waals surface area contributed by atoms with E-state index in [0.717, 1.165) is 5.56 Å². The Morgan fingerprint density at radius 2 is 2.23 bits per heavy atom. The summed E-state index contributed by atoms with van der Waals surface area (Å²) >= 11 is 7.26. The molecule has 0 spiro atoms. The van der Waals surface area contributed by atoms with Gasteiger partial charge in [0.15, 0.2) is 11.0 Å². The van der Waals surface area contributed by atoms with Crippen LogP contribution in [0.1, 0.15) is 12.7 Å². The van der Waals surface area contributed by atoms with Gasteiger partial charge >= 0.3 is 0 Å². The summed E-state index contributed by atoms with van der Waals surface area (Å²) in [5.41, 5.74) is 0.808. The first-order chi connectivity index (χ1) is 14.3. The lowest BCUT2D eigenvalue weighted by Gasteiger charge is -2.13. The predicted octanol–water partition coefficient (Wildman–Crippen LogP) is 4.71. The second-order valence-electron chi connectivity index (χ2n) is 6.27. The number of hydrogen-bond acceptors (Lipinski definition) is 7. The molecule has 0 fully saturated rings. The number of nitro groups is 1. The van der Waals surface area contributed by atoms with Gasteiger partial charge in [0.25, 0.3) is 5.69 Å². The van der Waals surface area contributed by atoms with Crippen LogP contribution in [-0.2, 0) is 11.3 Å². The van der Waals surface area contributed by atoms with Gasteiger partial charge in [0.2, 0.25) is 5.91 Å². The second kappa shape index (κ2) is 9.14. The van der Waals surface area contributed by atoms with Crippen molar-refractivity contribution in [1.29, 1.82) is 0 Å². The zero-order valence-corrected chi connectivity index (χ0v) is 17.7. The zero-order valence-electron chi connectivity index (χ0n) is 16.2. The maximum Gasteiger partial charge on any atom is 0.271 e. The number of aryl methyl sites for hydroxylation is 1. The van der Waals surface area contributed by atoms with E-state index in [0.29, 0.717) is 23.3 Å². The summed E-state index contributed by atoms with van der Waals surface area (Å²) in [6.45, 7) is 7.73. The molecular weight excluding hydrogens is 430 g/mol. The summed E-state index contributed by atoms with van der Waals surface area (Å²) in [5, 5.41) is 22.2. The van der Waals surface area contributed by atoms with E-state index in [1.807, 2.05) is 11.5 Å². The fourth-order valence-electron chi connectivity index (χ4n) is 2.65. The summed E-state index contributed by atoms with van der Waals surface area (Å²) < 4.78 is 7.18. The van der Waals surface area contributed by atoms with Gasteiger partial charge in [-0.1, -0.05) is 29.4 Å². The van der Waals surface area contributed by atoms with Gasteiger partial charge in [-0.2, -0.15) is 0 Å². The Kier molecular flexibility index (Phi) is 6.58. The first-order valence-electron chi connectivity index (χ1n) is 8.81. The van der Waals surface area contributed by atoms with E-state index in [4.69, 9.17) is 16.0 Å². The molecule has 0 aliphatic rings. The molecule has 0 aliphatic carbocycles. The normalized spacial score (nSPS) is 11.8. The van der Waals surface area contributed by atoms with Gasteiger partial charge in [0, 0.05) is 18.7 Å². The van der Waals surface area contributed by atoms with E-state index in [1.54, 1.807) is 25.3 Å². The highest BCUT2D eigenvalue weighted by Gasteiger charge is 2.23. The molecule has 0 saturated heterocycles. The molecule has 0 bridgehead atoms. The lowest BCUT2D eigenvalue weighted by Crippen LogP contribution is -2.23. The van der Waals surface area contributed by atoms with Crippen molar-refractivity contribution in [2.45, 2.75) is 30.8 Å². The van der Waals surface area contributed by atoms with Crippen LogP contribution in [0.3, 0.4) is 0 Å². The van der Waals surface area contributed by atoms with Crippen molar-refractivity contribution in [2.24, 2.45) is 0 Å². The summed E-state index contributed by atoms with van der Waals surface area (Å²) in [7, 11) is 0. The van der Waals surface area contributed by atoms with Crippen molar-refractivity contribution in [3.63, 3.8) is 0 Å². The van der Waals surface area contributed by atoms with Crippen molar-refractivity contribution < 1.29 is 14.1 Å². The Labute approximate surface area is 181 Å². The number of non-ortho nitro benzene ring substituents is 1. The number of thioether (sulfide) groups is 1. The lowest BCUT2D eigenvalue weighted by molar-refractivity contribution is -0.384. The number of carbonyl (C=O) groups excluding carboxylic acids is 1. The number of nitrogens with zero attached hydrogens (tertiary/aromatic N) is 4. The van der Waals surface area contributed by atoms with Crippen molar-refractivity contribution in [2.75, 3.05) is 5.32 Å². The largest absolute Gasteiger partial charge is 0.469 e. The van der Waals surface area contributed by atoms with Crippen LogP contribution in [0.2, 0.25) is 5.02 Å². The molecule has 1 unspecified atom stereocenters. The highest BCUT2D eigenvalue weighted by molar-refractivity contribution is 8.00.